The standard InChI is InChI=1S/C15H26N2OS/c1-3-14(16)15(12-7-9-19-11-12)17(2)10-13-6-4-5-8-18-13/h7,9,11,13-15H,3-6,8,10,16H2,1-2H3. The maximum Gasteiger partial charge on any atom is 0.0702 e. The quantitative estimate of drug-likeness (QED) is 0.871. The molecule has 1 aromatic rings. The molecule has 1 aromatic heterocycles. The van der Waals surface area contributed by atoms with Crippen LogP contribution in [0.15, 0.2) is 16.8 Å². The van der Waals surface area contributed by atoms with Gasteiger partial charge >= 0.3 is 0 Å². The summed E-state index contributed by atoms with van der Waals surface area (Å²) in [6.07, 6.45) is 5.06. The number of hydrogen-bond donors (Lipinski definition) is 1. The maximum atomic E-state index is 6.34. The van der Waals surface area contributed by atoms with Crippen LogP contribution in [-0.4, -0.2) is 37.2 Å². The van der Waals surface area contributed by atoms with E-state index in [2.05, 4.69) is 35.7 Å². The van der Waals surface area contributed by atoms with Gasteiger partial charge in [-0.25, -0.2) is 0 Å². The minimum absolute atomic E-state index is 0.184. The van der Waals surface area contributed by atoms with Crippen LogP contribution in [0.2, 0.25) is 0 Å². The predicted octanol–water partition coefficient (Wildman–Crippen LogP) is 3.03. The predicted molar refractivity (Wildman–Crippen MR) is 81.5 cm³/mol. The number of hydrogen-bond acceptors (Lipinski definition) is 4. The number of nitrogens with zero attached hydrogens (tertiary/aromatic N) is 1. The average molecular weight is 282 g/mol. The normalized spacial score (nSPS) is 23.5. The van der Waals surface area contributed by atoms with Gasteiger partial charge in [-0.15, -0.1) is 0 Å². The van der Waals surface area contributed by atoms with Crippen LogP contribution in [0.4, 0.5) is 0 Å². The molecule has 3 nitrogen and oxygen atoms in total. The van der Waals surface area contributed by atoms with Crippen LogP contribution in [0, 0.1) is 0 Å². The van der Waals surface area contributed by atoms with Crippen molar-refractivity contribution >= 4 is 11.3 Å². The third-order valence-corrected chi connectivity index (χ3v) is 4.70. The lowest BCUT2D eigenvalue weighted by molar-refractivity contribution is -0.0104. The van der Waals surface area contributed by atoms with Crippen molar-refractivity contribution in [3.8, 4) is 0 Å². The Morgan fingerprint density at radius 3 is 2.95 bits per heavy atom. The maximum absolute atomic E-state index is 6.34. The number of thiophene rings is 1. The summed E-state index contributed by atoms with van der Waals surface area (Å²) in [6, 6.07) is 2.69. The summed E-state index contributed by atoms with van der Waals surface area (Å²) in [7, 11) is 2.18. The summed E-state index contributed by atoms with van der Waals surface area (Å²) in [5.41, 5.74) is 7.68. The Morgan fingerprint density at radius 2 is 2.37 bits per heavy atom. The third kappa shape index (κ3) is 4.02. The van der Waals surface area contributed by atoms with Crippen molar-refractivity contribution in [3.63, 3.8) is 0 Å². The smallest absolute Gasteiger partial charge is 0.0702 e. The molecule has 0 bridgehead atoms. The molecule has 3 atom stereocenters. The summed E-state index contributed by atoms with van der Waals surface area (Å²) < 4.78 is 5.85. The van der Waals surface area contributed by atoms with Gasteiger partial charge in [-0.3, -0.25) is 4.90 Å². The van der Waals surface area contributed by atoms with Crippen molar-refractivity contribution in [2.24, 2.45) is 5.73 Å². The zero-order valence-corrected chi connectivity index (χ0v) is 12.9. The Kier molecular flexibility index (Phi) is 5.82. The van der Waals surface area contributed by atoms with Crippen LogP contribution in [0.3, 0.4) is 0 Å². The Morgan fingerprint density at radius 1 is 1.53 bits per heavy atom. The highest BCUT2D eigenvalue weighted by atomic mass is 32.1. The van der Waals surface area contributed by atoms with Crippen molar-refractivity contribution in [1.29, 1.82) is 0 Å². The fraction of sp³-hybridized carbons (Fsp3) is 0.733. The van der Waals surface area contributed by atoms with E-state index in [1.165, 1.54) is 24.8 Å². The zero-order chi connectivity index (χ0) is 13.7. The van der Waals surface area contributed by atoms with Crippen LogP contribution in [0.25, 0.3) is 0 Å². The Bertz CT molecular complexity index is 349. The SMILES string of the molecule is CCC(N)C(c1ccsc1)N(C)CC1CCCCO1. The minimum Gasteiger partial charge on any atom is -0.377 e. The zero-order valence-electron chi connectivity index (χ0n) is 12.0. The highest BCUT2D eigenvalue weighted by Gasteiger charge is 2.26. The van der Waals surface area contributed by atoms with E-state index in [1.807, 2.05) is 0 Å². The van der Waals surface area contributed by atoms with E-state index in [9.17, 15) is 0 Å². The van der Waals surface area contributed by atoms with Gasteiger partial charge in [0.2, 0.25) is 0 Å². The van der Waals surface area contributed by atoms with E-state index in [0.29, 0.717) is 12.1 Å². The van der Waals surface area contributed by atoms with Crippen molar-refractivity contribution in [2.75, 3.05) is 20.2 Å². The van der Waals surface area contributed by atoms with Crippen LogP contribution >= 0.6 is 11.3 Å². The van der Waals surface area contributed by atoms with Gasteiger partial charge in [0.15, 0.2) is 0 Å². The third-order valence-electron chi connectivity index (χ3n) is 4.00. The molecule has 0 saturated carbocycles. The summed E-state index contributed by atoms with van der Waals surface area (Å²) in [4.78, 5) is 2.38. The van der Waals surface area contributed by atoms with Crippen molar-refractivity contribution in [3.05, 3.63) is 22.4 Å². The van der Waals surface area contributed by atoms with Gasteiger partial charge in [-0.2, -0.15) is 11.3 Å². The lowest BCUT2D eigenvalue weighted by atomic mass is 9.98. The van der Waals surface area contributed by atoms with Gasteiger partial charge < -0.3 is 10.5 Å². The Labute approximate surface area is 120 Å². The molecule has 0 spiro atoms. The number of nitrogens with two attached hydrogens (primary N) is 1. The molecule has 1 saturated heterocycles. The van der Waals surface area contributed by atoms with Gasteiger partial charge in [0, 0.05) is 19.2 Å². The molecular weight excluding hydrogens is 256 g/mol. The second kappa shape index (κ2) is 7.39. The van der Waals surface area contributed by atoms with Crippen molar-refractivity contribution in [1.82, 2.24) is 4.90 Å². The molecule has 2 rings (SSSR count). The number of rotatable bonds is 6. The highest BCUT2D eigenvalue weighted by Crippen LogP contribution is 2.27. The van der Waals surface area contributed by atoms with Gasteiger partial charge in [-0.1, -0.05) is 6.92 Å². The van der Waals surface area contributed by atoms with Crippen molar-refractivity contribution in [2.45, 2.75) is 50.8 Å². The first-order chi connectivity index (χ1) is 9.22. The molecule has 19 heavy (non-hydrogen) atoms. The van der Waals surface area contributed by atoms with E-state index < -0.39 is 0 Å². The van der Waals surface area contributed by atoms with Gasteiger partial charge in [0.25, 0.3) is 0 Å². The molecule has 0 aromatic carbocycles. The molecule has 0 radical (unpaired) electrons. The van der Waals surface area contributed by atoms with E-state index in [0.717, 1.165) is 19.6 Å². The number of likely N-dealkylation sites (N-methyl/N-ethyl adjacent to an activating group) is 1. The molecule has 1 aliphatic heterocycles. The highest BCUT2D eigenvalue weighted by molar-refractivity contribution is 7.07. The first kappa shape index (κ1) is 15.0. The molecule has 3 unspecified atom stereocenters. The van der Waals surface area contributed by atoms with E-state index in [1.54, 1.807) is 11.3 Å². The monoisotopic (exact) mass is 282 g/mol. The molecule has 2 heterocycles. The summed E-state index contributed by atoms with van der Waals surface area (Å²) in [5.74, 6) is 0. The summed E-state index contributed by atoms with van der Waals surface area (Å²) in [6.45, 7) is 4.06. The van der Waals surface area contributed by atoms with Crippen LogP contribution < -0.4 is 5.73 Å². The van der Waals surface area contributed by atoms with Crippen LogP contribution in [-0.2, 0) is 4.74 Å². The largest absolute Gasteiger partial charge is 0.377 e. The second-order valence-corrected chi connectivity index (χ2v) is 6.28. The lowest BCUT2D eigenvalue weighted by Gasteiger charge is -2.35. The van der Waals surface area contributed by atoms with Gasteiger partial charge in [-0.05, 0) is 55.1 Å². The van der Waals surface area contributed by atoms with E-state index in [4.69, 9.17) is 10.5 Å². The molecule has 2 N–H and O–H groups in total. The molecular formula is C15H26N2OS. The summed E-state index contributed by atoms with van der Waals surface area (Å²) in [5, 5.41) is 4.36. The van der Waals surface area contributed by atoms with Gasteiger partial charge in [0.1, 0.15) is 0 Å². The second-order valence-electron chi connectivity index (χ2n) is 5.50. The average Bonchev–Trinajstić information content (AvgIpc) is 2.93. The van der Waals surface area contributed by atoms with Gasteiger partial charge in [0.05, 0.1) is 12.1 Å². The van der Waals surface area contributed by atoms with Crippen LogP contribution in [0.1, 0.15) is 44.2 Å². The van der Waals surface area contributed by atoms with E-state index in [-0.39, 0.29) is 6.04 Å². The fourth-order valence-electron chi connectivity index (χ4n) is 2.88. The minimum atomic E-state index is 0.184. The molecule has 1 fully saturated rings. The summed E-state index contributed by atoms with van der Waals surface area (Å²) >= 11 is 1.75. The van der Waals surface area contributed by atoms with Crippen LogP contribution in [0.5, 0.6) is 0 Å². The molecule has 108 valence electrons. The molecule has 0 aliphatic carbocycles. The lowest BCUT2D eigenvalue weighted by Crippen LogP contribution is -2.43. The van der Waals surface area contributed by atoms with E-state index >= 15 is 0 Å². The molecule has 0 amide bonds. The first-order valence-electron chi connectivity index (χ1n) is 7.32. The number of ether oxygens (including phenoxy) is 1. The molecule has 4 heteroatoms. The Hall–Kier alpha value is -0.420. The Balaban J connectivity index is 2.00. The topological polar surface area (TPSA) is 38.5 Å². The fourth-order valence-corrected chi connectivity index (χ4v) is 3.57. The molecule has 1 aliphatic rings. The first-order valence-corrected chi connectivity index (χ1v) is 8.26. The van der Waals surface area contributed by atoms with Crippen molar-refractivity contribution < 1.29 is 4.74 Å².